The number of aliphatic hydroxyl groups is 1. The molecule has 2 aromatic carbocycles. The highest BCUT2D eigenvalue weighted by atomic mass is 19.4. The van der Waals surface area contributed by atoms with Crippen LogP contribution in [-0.2, 0) is 6.18 Å². The smallest absolute Gasteiger partial charge is 0.384 e. The fourth-order valence-electron chi connectivity index (χ4n) is 1.96. The molecule has 0 heterocycles. The third-order valence-corrected chi connectivity index (χ3v) is 3.11. The lowest BCUT2D eigenvalue weighted by atomic mass is 9.98. The van der Waals surface area contributed by atoms with Gasteiger partial charge in [-0.2, -0.15) is 13.2 Å². The molecule has 1 nitrogen and oxygen atoms in total. The lowest BCUT2D eigenvalue weighted by molar-refractivity contribution is -0.140. The van der Waals surface area contributed by atoms with E-state index in [4.69, 9.17) is 0 Å². The molecule has 0 fully saturated rings. The zero-order chi connectivity index (χ0) is 15.8. The maximum Gasteiger partial charge on any atom is 0.419 e. The number of benzene rings is 2. The highest BCUT2D eigenvalue weighted by Crippen LogP contribution is 2.33. The Bertz CT molecular complexity index is 664. The first kappa shape index (κ1) is 15.4. The Morgan fingerprint density at radius 3 is 2.00 bits per heavy atom. The Labute approximate surface area is 117 Å². The van der Waals surface area contributed by atoms with Crippen LogP contribution in [0.2, 0.25) is 0 Å². The van der Waals surface area contributed by atoms with Gasteiger partial charge in [-0.1, -0.05) is 18.2 Å². The third-order valence-electron chi connectivity index (χ3n) is 3.11. The van der Waals surface area contributed by atoms with E-state index in [0.717, 1.165) is 12.1 Å². The molecule has 0 aromatic heterocycles. The molecule has 112 valence electrons. The number of aliphatic hydroxyl groups excluding tert-OH is 1. The third kappa shape index (κ3) is 3.21. The molecule has 21 heavy (non-hydrogen) atoms. The molecule has 1 atom stereocenters. The van der Waals surface area contributed by atoms with Crippen LogP contribution in [0.15, 0.2) is 36.4 Å². The van der Waals surface area contributed by atoms with Crippen molar-refractivity contribution in [2.75, 3.05) is 0 Å². The molecular weight excluding hydrogens is 291 g/mol. The largest absolute Gasteiger partial charge is 0.419 e. The summed E-state index contributed by atoms with van der Waals surface area (Å²) in [4.78, 5) is 0. The number of rotatable bonds is 2. The van der Waals surface area contributed by atoms with Crippen molar-refractivity contribution >= 4 is 0 Å². The van der Waals surface area contributed by atoms with E-state index < -0.39 is 29.5 Å². The molecule has 0 spiro atoms. The molecule has 0 saturated heterocycles. The van der Waals surface area contributed by atoms with E-state index in [0.29, 0.717) is 12.1 Å². The molecule has 2 rings (SSSR count). The quantitative estimate of drug-likeness (QED) is 0.817. The summed E-state index contributed by atoms with van der Waals surface area (Å²) in [6.45, 7) is 1.49. The summed E-state index contributed by atoms with van der Waals surface area (Å²) < 4.78 is 64.0. The molecule has 0 saturated carbocycles. The van der Waals surface area contributed by atoms with Gasteiger partial charge in [-0.05, 0) is 41.8 Å². The molecule has 6 heteroatoms. The molecule has 0 amide bonds. The average Bonchev–Trinajstić information content (AvgIpc) is 2.39. The first-order valence-electron chi connectivity index (χ1n) is 6.01. The molecular formula is C15H11F5O. The van der Waals surface area contributed by atoms with Crippen LogP contribution in [0.25, 0.3) is 0 Å². The summed E-state index contributed by atoms with van der Waals surface area (Å²) in [5.41, 5.74) is -0.882. The summed E-state index contributed by atoms with van der Waals surface area (Å²) >= 11 is 0. The van der Waals surface area contributed by atoms with Crippen molar-refractivity contribution in [2.45, 2.75) is 19.2 Å². The predicted molar refractivity (Wildman–Crippen MR) is 66.6 cm³/mol. The fourth-order valence-corrected chi connectivity index (χ4v) is 1.96. The highest BCUT2D eigenvalue weighted by molar-refractivity contribution is 5.35. The number of halogens is 5. The maximum atomic E-state index is 13.5. The van der Waals surface area contributed by atoms with Crippen molar-refractivity contribution in [3.05, 3.63) is 70.3 Å². The second kappa shape index (κ2) is 5.44. The normalized spacial score (nSPS) is 13.3. The van der Waals surface area contributed by atoms with Gasteiger partial charge in [0.15, 0.2) is 0 Å². The summed E-state index contributed by atoms with van der Waals surface area (Å²) in [5.74, 6) is -1.93. The highest BCUT2D eigenvalue weighted by Gasteiger charge is 2.34. The van der Waals surface area contributed by atoms with Gasteiger partial charge in [0.25, 0.3) is 0 Å². The van der Waals surface area contributed by atoms with Crippen LogP contribution >= 0.6 is 0 Å². The van der Waals surface area contributed by atoms with Gasteiger partial charge in [0, 0.05) is 0 Å². The zero-order valence-electron chi connectivity index (χ0n) is 10.9. The van der Waals surface area contributed by atoms with Gasteiger partial charge in [0.1, 0.15) is 17.7 Å². The molecule has 0 bridgehead atoms. The van der Waals surface area contributed by atoms with Crippen LogP contribution < -0.4 is 0 Å². The Morgan fingerprint density at radius 2 is 1.48 bits per heavy atom. The van der Waals surface area contributed by atoms with Crippen molar-refractivity contribution in [1.82, 2.24) is 0 Å². The summed E-state index contributed by atoms with van der Waals surface area (Å²) in [7, 11) is 0. The summed E-state index contributed by atoms with van der Waals surface area (Å²) in [5, 5.41) is 10.1. The molecule has 0 radical (unpaired) electrons. The van der Waals surface area contributed by atoms with Gasteiger partial charge in [-0.15, -0.1) is 0 Å². The molecule has 1 N–H and O–H groups in total. The van der Waals surface area contributed by atoms with E-state index in [1.807, 2.05) is 0 Å². The van der Waals surface area contributed by atoms with Crippen LogP contribution in [0.5, 0.6) is 0 Å². The Balaban J connectivity index is 2.38. The first-order chi connectivity index (χ1) is 9.70. The fraction of sp³-hybridized carbons (Fsp3) is 0.200. The SMILES string of the molecule is Cc1cc(C(O)c2ccc(C(F)(F)F)c(F)c2)ccc1F. The number of alkyl halides is 3. The Kier molecular flexibility index (Phi) is 4.00. The van der Waals surface area contributed by atoms with Crippen molar-refractivity contribution in [3.8, 4) is 0 Å². The van der Waals surface area contributed by atoms with Gasteiger partial charge in [-0.25, -0.2) is 8.78 Å². The van der Waals surface area contributed by atoms with Gasteiger partial charge in [0.05, 0.1) is 5.56 Å². The monoisotopic (exact) mass is 302 g/mol. The van der Waals surface area contributed by atoms with Gasteiger partial charge in [-0.3, -0.25) is 0 Å². The molecule has 2 aromatic rings. The molecule has 1 unspecified atom stereocenters. The Morgan fingerprint density at radius 1 is 0.905 bits per heavy atom. The molecule has 0 aliphatic rings. The number of hydrogen-bond acceptors (Lipinski definition) is 1. The average molecular weight is 302 g/mol. The standard InChI is InChI=1S/C15H11F5O/c1-8-6-9(3-5-12(8)16)14(21)10-2-4-11(13(17)7-10)15(18,19)20/h2-7,14,21H,1H3. The molecule has 0 aliphatic heterocycles. The first-order valence-corrected chi connectivity index (χ1v) is 6.01. The van der Waals surface area contributed by atoms with Crippen molar-refractivity contribution in [3.63, 3.8) is 0 Å². The lowest BCUT2D eigenvalue weighted by Crippen LogP contribution is -2.09. The van der Waals surface area contributed by atoms with Gasteiger partial charge >= 0.3 is 6.18 Å². The van der Waals surface area contributed by atoms with Crippen LogP contribution in [-0.4, -0.2) is 5.11 Å². The van der Waals surface area contributed by atoms with E-state index in [1.165, 1.54) is 19.1 Å². The van der Waals surface area contributed by atoms with E-state index in [2.05, 4.69) is 0 Å². The second-order valence-corrected chi connectivity index (χ2v) is 4.65. The second-order valence-electron chi connectivity index (χ2n) is 4.65. The van der Waals surface area contributed by atoms with E-state index in [9.17, 15) is 27.1 Å². The van der Waals surface area contributed by atoms with Crippen LogP contribution in [0.1, 0.15) is 28.4 Å². The maximum absolute atomic E-state index is 13.5. The van der Waals surface area contributed by atoms with Gasteiger partial charge < -0.3 is 5.11 Å². The van der Waals surface area contributed by atoms with E-state index in [-0.39, 0.29) is 16.7 Å². The van der Waals surface area contributed by atoms with Crippen molar-refractivity contribution in [1.29, 1.82) is 0 Å². The Hall–Kier alpha value is -1.95. The topological polar surface area (TPSA) is 20.2 Å². The molecule has 0 aliphatic carbocycles. The number of hydrogen-bond donors (Lipinski definition) is 1. The summed E-state index contributed by atoms with van der Waals surface area (Å²) in [6, 6.07) is 5.98. The predicted octanol–water partition coefficient (Wildman–Crippen LogP) is 4.37. The minimum Gasteiger partial charge on any atom is -0.384 e. The number of aryl methyl sites for hydroxylation is 1. The van der Waals surface area contributed by atoms with Crippen molar-refractivity contribution < 1.29 is 27.1 Å². The zero-order valence-corrected chi connectivity index (χ0v) is 10.9. The lowest BCUT2D eigenvalue weighted by Gasteiger charge is -2.14. The van der Waals surface area contributed by atoms with Crippen LogP contribution in [0.3, 0.4) is 0 Å². The van der Waals surface area contributed by atoms with Crippen molar-refractivity contribution in [2.24, 2.45) is 0 Å². The van der Waals surface area contributed by atoms with E-state index >= 15 is 0 Å². The van der Waals surface area contributed by atoms with Crippen LogP contribution in [0, 0.1) is 18.6 Å². The minimum atomic E-state index is -4.79. The summed E-state index contributed by atoms with van der Waals surface area (Å²) in [6.07, 6.45) is -6.12. The van der Waals surface area contributed by atoms with Crippen LogP contribution in [0.4, 0.5) is 22.0 Å². The minimum absolute atomic E-state index is 0.0356. The van der Waals surface area contributed by atoms with E-state index in [1.54, 1.807) is 0 Å². The van der Waals surface area contributed by atoms with Gasteiger partial charge in [0.2, 0.25) is 0 Å².